The summed E-state index contributed by atoms with van der Waals surface area (Å²) >= 11 is 0. The molecule has 0 saturated carbocycles. The lowest BCUT2D eigenvalue weighted by molar-refractivity contribution is 0.128. The number of pyridine rings is 1. The Hall–Kier alpha value is -3.61. The normalized spacial score (nSPS) is 21.1. The number of fused-ring (bicyclic) bond motifs is 3. The van der Waals surface area contributed by atoms with Crippen LogP contribution in [0.1, 0.15) is 22.9 Å². The summed E-state index contributed by atoms with van der Waals surface area (Å²) in [4.78, 5) is 19.6. The number of amides is 2. The molecule has 0 spiro atoms. The van der Waals surface area contributed by atoms with E-state index in [2.05, 4.69) is 10.3 Å². The molecule has 170 valence electrons. The van der Waals surface area contributed by atoms with Crippen LogP contribution in [0.15, 0.2) is 60.7 Å². The number of benzene rings is 2. The van der Waals surface area contributed by atoms with Gasteiger partial charge in [0.15, 0.2) is 0 Å². The Morgan fingerprint density at radius 3 is 2.85 bits per heavy atom. The van der Waals surface area contributed by atoms with Crippen molar-refractivity contribution in [1.29, 1.82) is 0 Å². The summed E-state index contributed by atoms with van der Waals surface area (Å²) in [5.41, 5.74) is 2.84. The van der Waals surface area contributed by atoms with E-state index in [-0.39, 0.29) is 29.7 Å². The third-order valence-corrected chi connectivity index (χ3v) is 6.44. The largest absolute Gasteiger partial charge is 0.493 e. The lowest BCUT2D eigenvalue weighted by Gasteiger charge is -2.34. The maximum Gasteiger partial charge on any atom is 0.322 e. The number of hydrogen-bond acceptors (Lipinski definition) is 4. The van der Waals surface area contributed by atoms with Gasteiger partial charge in [-0.05, 0) is 43.7 Å². The minimum atomic E-state index is -0.347. The van der Waals surface area contributed by atoms with Gasteiger partial charge in [-0.1, -0.05) is 30.3 Å². The van der Waals surface area contributed by atoms with Gasteiger partial charge in [-0.2, -0.15) is 0 Å². The predicted octanol–water partition coefficient (Wildman–Crippen LogP) is 5.13. The molecular formula is C26H26FN3O3. The van der Waals surface area contributed by atoms with Gasteiger partial charge in [-0.3, -0.25) is 0 Å². The first-order chi connectivity index (χ1) is 16.0. The summed E-state index contributed by atoms with van der Waals surface area (Å²) in [5, 5.41) is 2.87. The number of likely N-dealkylation sites (tertiary alicyclic amines) is 1. The van der Waals surface area contributed by atoms with E-state index in [0.717, 1.165) is 17.0 Å². The first kappa shape index (κ1) is 21.2. The molecule has 1 aromatic heterocycles. The summed E-state index contributed by atoms with van der Waals surface area (Å²) in [6, 6.07) is 17.8. The molecule has 6 nitrogen and oxygen atoms in total. The van der Waals surface area contributed by atoms with Gasteiger partial charge in [0.1, 0.15) is 11.6 Å². The van der Waals surface area contributed by atoms with Crippen molar-refractivity contribution < 1.29 is 18.7 Å². The monoisotopic (exact) mass is 447 g/mol. The van der Waals surface area contributed by atoms with E-state index < -0.39 is 0 Å². The van der Waals surface area contributed by atoms with Gasteiger partial charge in [-0.15, -0.1) is 0 Å². The Labute approximate surface area is 192 Å². The van der Waals surface area contributed by atoms with Crippen LogP contribution in [0.4, 0.5) is 14.9 Å². The van der Waals surface area contributed by atoms with Crippen LogP contribution < -0.4 is 14.8 Å². The lowest BCUT2D eigenvalue weighted by Crippen LogP contribution is -2.38. The average molecular weight is 448 g/mol. The molecule has 2 amide bonds. The van der Waals surface area contributed by atoms with Crippen molar-refractivity contribution in [2.75, 3.05) is 25.1 Å². The standard InChI is InChI=1S/C26H26FN3O3/c1-16-10-11-19(12-22(16)27)29-26(31)30-13-18(14-33-24-9-5-6-17(2)28-24)21-15-32-23-8-4-3-7-20(23)25(21)30/h3-12,18,21,25H,13-15H2,1-2H3,(H,29,31)/t18-,21-,25-/m0/s1. The second-order valence-corrected chi connectivity index (χ2v) is 8.69. The molecule has 7 heteroatoms. The first-order valence-electron chi connectivity index (χ1n) is 11.1. The summed E-state index contributed by atoms with van der Waals surface area (Å²) < 4.78 is 26.1. The fraction of sp³-hybridized carbons (Fsp3) is 0.308. The first-order valence-corrected chi connectivity index (χ1v) is 11.1. The van der Waals surface area contributed by atoms with Crippen molar-refractivity contribution in [1.82, 2.24) is 9.88 Å². The maximum absolute atomic E-state index is 14.0. The molecule has 2 aliphatic rings. The van der Waals surface area contributed by atoms with Crippen LogP contribution in [-0.4, -0.2) is 35.7 Å². The quantitative estimate of drug-likeness (QED) is 0.602. The van der Waals surface area contributed by atoms with Crippen LogP contribution in [0, 0.1) is 31.5 Å². The van der Waals surface area contributed by atoms with Crippen LogP contribution in [0.3, 0.4) is 0 Å². The summed E-state index contributed by atoms with van der Waals surface area (Å²) in [7, 11) is 0. The van der Waals surface area contributed by atoms with E-state index in [0.29, 0.717) is 36.9 Å². The molecule has 3 atom stereocenters. The smallest absolute Gasteiger partial charge is 0.322 e. The Morgan fingerprint density at radius 1 is 1.18 bits per heavy atom. The van der Waals surface area contributed by atoms with Gasteiger partial charge >= 0.3 is 6.03 Å². The van der Waals surface area contributed by atoms with Crippen LogP contribution in [0.25, 0.3) is 0 Å². The number of nitrogens with one attached hydrogen (secondary N) is 1. The highest BCUT2D eigenvalue weighted by Crippen LogP contribution is 2.47. The number of nitrogens with zero attached hydrogens (tertiary/aromatic N) is 2. The molecule has 2 aromatic carbocycles. The van der Waals surface area contributed by atoms with Gasteiger partial charge in [0.05, 0.1) is 19.3 Å². The van der Waals surface area contributed by atoms with E-state index in [9.17, 15) is 9.18 Å². The second-order valence-electron chi connectivity index (χ2n) is 8.69. The van der Waals surface area contributed by atoms with E-state index in [4.69, 9.17) is 9.47 Å². The number of hydrogen-bond donors (Lipinski definition) is 1. The number of urea groups is 1. The number of rotatable bonds is 4. The SMILES string of the molecule is Cc1cccc(OC[C@@H]2CN(C(=O)Nc3ccc(C)c(F)c3)[C@H]3c4ccccc4OC[C@@H]23)n1. The Balaban J connectivity index is 1.39. The van der Waals surface area contributed by atoms with Gasteiger partial charge in [-0.25, -0.2) is 14.2 Å². The molecule has 2 aliphatic heterocycles. The van der Waals surface area contributed by atoms with Crippen molar-refractivity contribution in [2.24, 2.45) is 11.8 Å². The molecule has 0 radical (unpaired) electrons. The molecule has 33 heavy (non-hydrogen) atoms. The van der Waals surface area contributed by atoms with Crippen LogP contribution >= 0.6 is 0 Å². The lowest BCUT2D eigenvalue weighted by atomic mass is 9.86. The maximum atomic E-state index is 14.0. The van der Waals surface area contributed by atoms with Crippen LogP contribution in [0.2, 0.25) is 0 Å². The number of carbonyl (C=O) groups is 1. The van der Waals surface area contributed by atoms with Crippen molar-refractivity contribution >= 4 is 11.7 Å². The number of para-hydroxylation sites is 1. The molecule has 1 N–H and O–H groups in total. The van der Waals surface area contributed by atoms with Gasteiger partial charge in [0.2, 0.25) is 5.88 Å². The van der Waals surface area contributed by atoms with E-state index in [1.165, 1.54) is 6.07 Å². The minimum Gasteiger partial charge on any atom is -0.493 e. The zero-order valence-corrected chi connectivity index (χ0v) is 18.6. The Bertz CT molecular complexity index is 1180. The molecule has 5 rings (SSSR count). The molecule has 1 saturated heterocycles. The van der Waals surface area contributed by atoms with Crippen molar-refractivity contribution in [3.8, 4) is 11.6 Å². The number of ether oxygens (including phenoxy) is 2. The van der Waals surface area contributed by atoms with Crippen molar-refractivity contribution in [3.63, 3.8) is 0 Å². The summed E-state index contributed by atoms with van der Waals surface area (Å²) in [6.45, 7) is 5.04. The second kappa shape index (κ2) is 8.73. The van der Waals surface area contributed by atoms with Crippen LogP contribution in [-0.2, 0) is 0 Å². The van der Waals surface area contributed by atoms with Gasteiger partial charge < -0.3 is 19.7 Å². The highest BCUT2D eigenvalue weighted by atomic mass is 19.1. The van der Waals surface area contributed by atoms with E-state index in [1.807, 2.05) is 54.3 Å². The Kier molecular flexibility index (Phi) is 5.62. The summed E-state index contributed by atoms with van der Waals surface area (Å²) in [6.07, 6.45) is 0. The topological polar surface area (TPSA) is 63.7 Å². The van der Waals surface area contributed by atoms with E-state index in [1.54, 1.807) is 19.1 Å². The average Bonchev–Trinajstić information content (AvgIpc) is 3.19. The van der Waals surface area contributed by atoms with Crippen LogP contribution in [0.5, 0.6) is 11.6 Å². The number of carbonyl (C=O) groups excluding carboxylic acids is 1. The number of halogens is 1. The fourth-order valence-electron chi connectivity index (χ4n) is 4.70. The predicted molar refractivity (Wildman–Crippen MR) is 123 cm³/mol. The van der Waals surface area contributed by atoms with Crippen molar-refractivity contribution in [3.05, 3.63) is 83.3 Å². The molecule has 3 heterocycles. The van der Waals surface area contributed by atoms with E-state index >= 15 is 0 Å². The molecule has 0 aliphatic carbocycles. The highest BCUT2D eigenvalue weighted by Gasteiger charge is 2.48. The third kappa shape index (κ3) is 4.23. The number of anilines is 1. The minimum absolute atomic E-state index is 0.0613. The Morgan fingerprint density at radius 2 is 2.03 bits per heavy atom. The van der Waals surface area contributed by atoms with Gasteiger partial charge in [0, 0.05) is 41.4 Å². The number of aromatic nitrogens is 1. The van der Waals surface area contributed by atoms with Gasteiger partial charge in [0.25, 0.3) is 0 Å². The molecule has 0 unspecified atom stereocenters. The fourth-order valence-corrected chi connectivity index (χ4v) is 4.70. The summed E-state index contributed by atoms with van der Waals surface area (Å²) in [5.74, 6) is 1.15. The molecular weight excluding hydrogens is 421 g/mol. The van der Waals surface area contributed by atoms with Crippen molar-refractivity contribution in [2.45, 2.75) is 19.9 Å². The number of aryl methyl sites for hydroxylation is 2. The zero-order valence-electron chi connectivity index (χ0n) is 18.6. The third-order valence-electron chi connectivity index (χ3n) is 6.44. The highest BCUT2D eigenvalue weighted by molar-refractivity contribution is 5.90. The molecule has 3 aromatic rings. The molecule has 0 bridgehead atoms. The molecule has 1 fully saturated rings. The zero-order chi connectivity index (χ0) is 22.9.